The average molecular weight is 375 g/mol. The molecule has 0 atom stereocenters. The molecule has 4 aromatic rings. The van der Waals surface area contributed by atoms with E-state index in [1.165, 1.54) is 42.6 Å². The summed E-state index contributed by atoms with van der Waals surface area (Å²) in [5, 5.41) is 3.81. The Morgan fingerprint density at radius 3 is 2.67 bits per heavy atom. The van der Waals surface area contributed by atoms with Crippen LogP contribution in [0.25, 0.3) is 32.1 Å². The van der Waals surface area contributed by atoms with Crippen LogP contribution in [0, 0.1) is 12.3 Å². The number of fused-ring (bicyclic) bond motifs is 3. The molecule has 0 fully saturated rings. The second kappa shape index (κ2) is 5.56. The van der Waals surface area contributed by atoms with Gasteiger partial charge in [-0.3, -0.25) is 0 Å². The molecule has 2 aromatic heterocycles. The van der Waals surface area contributed by atoms with Crippen molar-refractivity contribution in [3.05, 3.63) is 53.0 Å². The molecule has 5 rings (SSSR count). The minimum atomic E-state index is 0.225. The highest BCUT2D eigenvalue weighted by Gasteiger charge is 2.34. The predicted octanol–water partition coefficient (Wildman–Crippen LogP) is 6.55. The Morgan fingerprint density at radius 2 is 1.89 bits per heavy atom. The Balaban J connectivity index is 1.88. The number of rotatable bonds is 1. The summed E-state index contributed by atoms with van der Waals surface area (Å²) < 4.78 is 10.2. The van der Waals surface area contributed by atoms with Gasteiger partial charge in [0.25, 0.3) is 0 Å². The quantitative estimate of drug-likeness (QED) is 0.303. The zero-order valence-electron chi connectivity index (χ0n) is 16.5. The number of aryl methyl sites for hydroxylation is 2. The molecule has 136 valence electrons. The molecular weight excluding hydrogens is 350 g/mol. The van der Waals surface area contributed by atoms with Gasteiger partial charge in [0.05, 0.1) is 10.3 Å². The SMILES string of the molecule is Cc1c2c(cc3ccccc13)Oc1c(CC(C)(C)C)sc3cc[n+](C)c-2c13. The van der Waals surface area contributed by atoms with Crippen LogP contribution in [-0.2, 0) is 13.5 Å². The normalized spacial score (nSPS) is 13.1. The Bertz CT molecular complexity index is 1230. The summed E-state index contributed by atoms with van der Waals surface area (Å²) in [7, 11) is 2.14. The summed E-state index contributed by atoms with van der Waals surface area (Å²) in [4.78, 5) is 1.35. The van der Waals surface area contributed by atoms with E-state index in [9.17, 15) is 0 Å². The maximum Gasteiger partial charge on any atom is 0.228 e. The fourth-order valence-electron chi connectivity index (χ4n) is 4.24. The van der Waals surface area contributed by atoms with Crippen LogP contribution in [0.2, 0.25) is 0 Å². The number of benzene rings is 2. The third-order valence-corrected chi connectivity index (χ3v) is 6.55. The van der Waals surface area contributed by atoms with E-state index in [0.29, 0.717) is 0 Å². The molecule has 0 bridgehead atoms. The van der Waals surface area contributed by atoms with E-state index in [2.05, 4.69) is 81.9 Å². The third-order valence-electron chi connectivity index (χ3n) is 5.41. The van der Waals surface area contributed by atoms with E-state index in [1.807, 2.05) is 11.3 Å². The summed E-state index contributed by atoms with van der Waals surface area (Å²) in [5.74, 6) is 2.05. The maximum absolute atomic E-state index is 6.61. The van der Waals surface area contributed by atoms with Gasteiger partial charge in [0.2, 0.25) is 5.69 Å². The first-order chi connectivity index (χ1) is 12.8. The lowest BCUT2D eigenvalue weighted by Crippen LogP contribution is -2.31. The van der Waals surface area contributed by atoms with Gasteiger partial charge in [-0.2, -0.15) is 0 Å². The Labute approximate surface area is 164 Å². The van der Waals surface area contributed by atoms with Gasteiger partial charge in [-0.05, 0) is 41.2 Å². The molecule has 0 unspecified atom stereocenters. The van der Waals surface area contributed by atoms with E-state index in [1.54, 1.807) is 0 Å². The minimum Gasteiger partial charge on any atom is -0.454 e. The van der Waals surface area contributed by atoms with Crippen molar-refractivity contribution in [2.45, 2.75) is 34.1 Å². The molecule has 1 aliphatic rings. The molecule has 0 N–H and O–H groups in total. The molecule has 0 saturated heterocycles. The van der Waals surface area contributed by atoms with Crippen molar-refractivity contribution in [1.29, 1.82) is 0 Å². The fraction of sp³-hybridized carbons (Fsp3) is 0.292. The van der Waals surface area contributed by atoms with E-state index >= 15 is 0 Å². The summed E-state index contributed by atoms with van der Waals surface area (Å²) in [6.45, 7) is 9.09. The first-order valence-electron chi connectivity index (χ1n) is 9.48. The number of pyridine rings is 1. The van der Waals surface area contributed by atoms with Crippen LogP contribution in [0.5, 0.6) is 11.5 Å². The van der Waals surface area contributed by atoms with Crippen molar-refractivity contribution in [2.75, 3.05) is 0 Å². The zero-order valence-corrected chi connectivity index (χ0v) is 17.3. The van der Waals surface area contributed by atoms with Crippen LogP contribution in [0.1, 0.15) is 31.2 Å². The second-order valence-corrected chi connectivity index (χ2v) is 9.94. The predicted molar refractivity (Wildman–Crippen MR) is 114 cm³/mol. The lowest BCUT2D eigenvalue weighted by atomic mass is 9.90. The van der Waals surface area contributed by atoms with Crippen molar-refractivity contribution in [1.82, 2.24) is 0 Å². The second-order valence-electron chi connectivity index (χ2n) is 8.80. The van der Waals surface area contributed by atoms with Crippen molar-refractivity contribution in [3.8, 4) is 22.8 Å². The molecule has 1 aliphatic heterocycles. The monoisotopic (exact) mass is 374 g/mol. The summed E-state index contributed by atoms with van der Waals surface area (Å²) in [5.41, 5.74) is 4.03. The van der Waals surface area contributed by atoms with Gasteiger partial charge in [0.1, 0.15) is 18.2 Å². The highest BCUT2D eigenvalue weighted by atomic mass is 32.1. The minimum absolute atomic E-state index is 0.225. The Morgan fingerprint density at radius 1 is 1.11 bits per heavy atom. The van der Waals surface area contributed by atoms with Gasteiger partial charge in [-0.15, -0.1) is 11.3 Å². The van der Waals surface area contributed by atoms with Gasteiger partial charge in [-0.1, -0.05) is 45.0 Å². The Hall–Kier alpha value is -2.39. The smallest absolute Gasteiger partial charge is 0.228 e. The largest absolute Gasteiger partial charge is 0.454 e. The van der Waals surface area contributed by atoms with Crippen LogP contribution >= 0.6 is 11.3 Å². The van der Waals surface area contributed by atoms with Gasteiger partial charge in [-0.25, -0.2) is 4.57 Å². The Kier molecular flexibility index (Phi) is 3.45. The molecule has 3 heterocycles. The van der Waals surface area contributed by atoms with E-state index < -0.39 is 0 Å². The molecule has 27 heavy (non-hydrogen) atoms. The van der Waals surface area contributed by atoms with Crippen LogP contribution in [0.4, 0.5) is 0 Å². The highest BCUT2D eigenvalue weighted by Crippen LogP contribution is 2.53. The molecular formula is C24H24NOS+. The molecule has 0 radical (unpaired) electrons. The number of nitrogens with zero attached hydrogens (tertiary/aromatic N) is 1. The van der Waals surface area contributed by atoms with Crippen molar-refractivity contribution < 1.29 is 9.30 Å². The third kappa shape index (κ3) is 2.49. The molecule has 0 amide bonds. The molecule has 2 nitrogen and oxygen atoms in total. The fourth-order valence-corrected chi connectivity index (χ4v) is 5.67. The lowest BCUT2D eigenvalue weighted by molar-refractivity contribution is -0.659. The molecule has 0 spiro atoms. The van der Waals surface area contributed by atoms with Crippen molar-refractivity contribution >= 4 is 32.2 Å². The van der Waals surface area contributed by atoms with Crippen LogP contribution < -0.4 is 9.30 Å². The van der Waals surface area contributed by atoms with Crippen LogP contribution in [0.15, 0.2) is 42.6 Å². The van der Waals surface area contributed by atoms with Gasteiger partial charge >= 0.3 is 0 Å². The van der Waals surface area contributed by atoms with E-state index in [0.717, 1.165) is 17.9 Å². The van der Waals surface area contributed by atoms with Gasteiger partial charge < -0.3 is 4.74 Å². The molecule has 0 saturated carbocycles. The van der Waals surface area contributed by atoms with Crippen LogP contribution in [0.3, 0.4) is 0 Å². The lowest BCUT2D eigenvalue weighted by Gasteiger charge is -2.22. The first-order valence-corrected chi connectivity index (χ1v) is 10.3. The van der Waals surface area contributed by atoms with Gasteiger partial charge in [0, 0.05) is 10.9 Å². The van der Waals surface area contributed by atoms with Crippen LogP contribution in [-0.4, -0.2) is 0 Å². The zero-order chi connectivity index (χ0) is 18.9. The number of ether oxygens (including phenoxy) is 1. The van der Waals surface area contributed by atoms with E-state index in [-0.39, 0.29) is 5.41 Å². The van der Waals surface area contributed by atoms with E-state index in [4.69, 9.17) is 4.74 Å². The highest BCUT2D eigenvalue weighted by molar-refractivity contribution is 7.19. The molecule has 2 aromatic carbocycles. The number of hydrogen-bond acceptors (Lipinski definition) is 2. The summed E-state index contributed by atoms with van der Waals surface area (Å²) in [6, 6.07) is 13.0. The summed E-state index contributed by atoms with van der Waals surface area (Å²) in [6.07, 6.45) is 3.20. The van der Waals surface area contributed by atoms with Crippen molar-refractivity contribution in [3.63, 3.8) is 0 Å². The summed E-state index contributed by atoms with van der Waals surface area (Å²) >= 11 is 1.88. The van der Waals surface area contributed by atoms with Crippen molar-refractivity contribution in [2.24, 2.45) is 12.5 Å². The molecule has 0 aliphatic carbocycles. The number of hydrogen-bond donors (Lipinski definition) is 0. The first kappa shape index (κ1) is 16.8. The number of thiophene rings is 1. The topological polar surface area (TPSA) is 13.1 Å². The molecule has 3 heteroatoms. The standard InChI is InChI=1S/C24H24NOS/c1-14-16-9-7-6-8-15(16)12-17-20(14)22-21-18(10-11-25(22)5)27-19(23(21)26-17)13-24(2,3)4/h6-12H,13H2,1-5H3/q+1. The maximum atomic E-state index is 6.61. The van der Waals surface area contributed by atoms with Gasteiger partial charge in [0.15, 0.2) is 11.9 Å². The average Bonchev–Trinajstić information content (AvgIpc) is 2.94. The number of aromatic nitrogens is 1.